The van der Waals surface area contributed by atoms with E-state index < -0.39 is 54.8 Å². The van der Waals surface area contributed by atoms with Gasteiger partial charge in [-0.3, -0.25) is 9.59 Å². The van der Waals surface area contributed by atoms with E-state index in [1.165, 1.54) is 12.3 Å². The summed E-state index contributed by atoms with van der Waals surface area (Å²) >= 11 is 0. The topological polar surface area (TPSA) is 102 Å². The molecule has 2 aromatic heterocycles. The van der Waals surface area contributed by atoms with E-state index in [4.69, 9.17) is 0 Å². The third-order valence-electron chi connectivity index (χ3n) is 4.24. The Hall–Kier alpha value is -3.58. The molecule has 14 heteroatoms. The van der Waals surface area contributed by atoms with Gasteiger partial charge in [0.25, 0.3) is 5.91 Å². The first-order valence-electron chi connectivity index (χ1n) is 10.1. The lowest BCUT2D eigenvalue weighted by molar-refractivity contribution is -0.155. The fourth-order valence-electron chi connectivity index (χ4n) is 2.51. The Kier molecular flexibility index (Phi) is 8.88. The highest BCUT2D eigenvalue weighted by Gasteiger charge is 2.31. The number of rotatable bonds is 9. The van der Waals surface area contributed by atoms with Crippen molar-refractivity contribution < 1.29 is 45.4 Å². The maximum atomic E-state index is 12.7. The lowest BCUT2D eigenvalue weighted by Gasteiger charge is -2.18. The number of anilines is 1. The van der Waals surface area contributed by atoms with Crippen LogP contribution in [0.15, 0.2) is 30.5 Å². The number of alkyl halides is 6. The zero-order valence-electron chi connectivity index (χ0n) is 18.8. The number of pyridine rings is 2. The summed E-state index contributed by atoms with van der Waals surface area (Å²) in [6.45, 7) is 1.37. The molecule has 35 heavy (non-hydrogen) atoms. The predicted octanol–water partition coefficient (Wildman–Crippen LogP) is 4.44. The fraction of sp³-hybridized carbons (Fsp3) is 0.429. The third-order valence-corrected chi connectivity index (χ3v) is 4.24. The molecule has 8 nitrogen and oxygen atoms in total. The molecule has 1 unspecified atom stereocenters. The molecule has 2 rings (SSSR count). The summed E-state index contributed by atoms with van der Waals surface area (Å²) in [5.74, 6) is -2.80. The maximum Gasteiger partial charge on any atom is 0.422 e. The van der Waals surface area contributed by atoms with Crippen molar-refractivity contribution in [2.45, 2.75) is 39.2 Å². The lowest BCUT2D eigenvalue weighted by Crippen LogP contribution is -2.28. The van der Waals surface area contributed by atoms with E-state index in [-0.39, 0.29) is 17.6 Å². The van der Waals surface area contributed by atoms with Crippen LogP contribution in [0.1, 0.15) is 42.7 Å². The van der Waals surface area contributed by atoms with Gasteiger partial charge in [0.1, 0.15) is 11.4 Å². The molecule has 0 radical (unpaired) electrons. The second-order valence-corrected chi connectivity index (χ2v) is 7.62. The Labute approximate surface area is 196 Å². The van der Waals surface area contributed by atoms with Gasteiger partial charge in [0.05, 0.1) is 6.04 Å². The molecule has 0 saturated heterocycles. The minimum Gasteiger partial charge on any atom is -0.468 e. The van der Waals surface area contributed by atoms with Crippen molar-refractivity contribution in [3.8, 4) is 11.8 Å². The zero-order chi connectivity index (χ0) is 26.4. The molecule has 0 bridgehead atoms. The van der Waals surface area contributed by atoms with E-state index in [9.17, 15) is 35.9 Å². The summed E-state index contributed by atoms with van der Waals surface area (Å²) in [5.41, 5.74) is 0.0473. The standard InChI is InChI=1S/C21H22F6N4O4/c1-11(2)17(32)30-15-8-13(6-7-28-15)12(3)29-18(33)14-4-5-16(34-9-20(22,23)24)31-19(14)35-10-21(25,26)27/h4-8,11-12H,9-10H2,1-3H3,(H,29,33)(H,28,30,32). The minimum absolute atomic E-state index is 0.226. The number of nitrogens with zero attached hydrogens (tertiary/aromatic N) is 2. The summed E-state index contributed by atoms with van der Waals surface area (Å²) in [6, 6.07) is 4.17. The van der Waals surface area contributed by atoms with E-state index in [1.54, 1.807) is 26.8 Å². The normalized spacial score (nSPS) is 12.7. The summed E-state index contributed by atoms with van der Waals surface area (Å²) in [4.78, 5) is 32.1. The van der Waals surface area contributed by atoms with Gasteiger partial charge in [-0.05, 0) is 30.7 Å². The number of ether oxygens (including phenoxy) is 2. The van der Waals surface area contributed by atoms with E-state index in [0.29, 0.717) is 5.56 Å². The molecular formula is C21H22F6N4O4. The molecule has 2 amide bonds. The number of hydrogen-bond donors (Lipinski definition) is 2. The number of nitrogens with one attached hydrogen (secondary N) is 2. The smallest absolute Gasteiger partial charge is 0.422 e. The molecule has 0 aliphatic carbocycles. The molecule has 2 N–H and O–H groups in total. The average molecular weight is 508 g/mol. The van der Waals surface area contributed by atoms with Crippen LogP contribution in [0.4, 0.5) is 32.2 Å². The first kappa shape index (κ1) is 27.7. The zero-order valence-corrected chi connectivity index (χ0v) is 18.8. The van der Waals surface area contributed by atoms with Crippen LogP contribution in [0.3, 0.4) is 0 Å². The summed E-state index contributed by atoms with van der Waals surface area (Å²) in [5, 5.41) is 5.12. The van der Waals surface area contributed by atoms with Gasteiger partial charge in [-0.1, -0.05) is 13.8 Å². The molecule has 0 fully saturated rings. The number of hydrogen-bond acceptors (Lipinski definition) is 6. The van der Waals surface area contributed by atoms with Gasteiger partial charge in [-0.25, -0.2) is 4.98 Å². The van der Waals surface area contributed by atoms with Crippen molar-refractivity contribution in [1.82, 2.24) is 15.3 Å². The van der Waals surface area contributed by atoms with Crippen molar-refractivity contribution in [2.24, 2.45) is 5.92 Å². The lowest BCUT2D eigenvalue weighted by atomic mass is 10.1. The van der Waals surface area contributed by atoms with E-state index >= 15 is 0 Å². The van der Waals surface area contributed by atoms with E-state index in [0.717, 1.165) is 12.1 Å². The van der Waals surface area contributed by atoms with Crippen molar-refractivity contribution in [3.63, 3.8) is 0 Å². The van der Waals surface area contributed by atoms with Crippen molar-refractivity contribution in [2.75, 3.05) is 18.5 Å². The second-order valence-electron chi connectivity index (χ2n) is 7.62. The third kappa shape index (κ3) is 9.29. The first-order valence-corrected chi connectivity index (χ1v) is 10.1. The van der Waals surface area contributed by atoms with Gasteiger partial charge in [0.2, 0.25) is 17.7 Å². The SMILES string of the molecule is CC(C)C(=O)Nc1cc(C(C)NC(=O)c2ccc(OCC(F)(F)F)nc2OCC(F)(F)F)ccn1. The number of carbonyl (C=O) groups excluding carboxylic acids is 2. The molecule has 0 aliphatic rings. The van der Waals surface area contributed by atoms with Crippen LogP contribution in [-0.2, 0) is 4.79 Å². The fourth-order valence-corrected chi connectivity index (χ4v) is 2.51. The predicted molar refractivity (Wildman–Crippen MR) is 111 cm³/mol. The first-order chi connectivity index (χ1) is 16.1. The molecule has 0 spiro atoms. The molecule has 1 atom stereocenters. The van der Waals surface area contributed by atoms with Gasteiger partial charge < -0.3 is 20.1 Å². The quantitative estimate of drug-likeness (QED) is 0.486. The molecular weight excluding hydrogens is 486 g/mol. The number of halogens is 6. The van der Waals surface area contributed by atoms with E-state index in [2.05, 4.69) is 30.1 Å². The molecule has 0 saturated carbocycles. The minimum atomic E-state index is -4.79. The van der Waals surface area contributed by atoms with Gasteiger partial charge >= 0.3 is 12.4 Å². The molecule has 2 aromatic rings. The highest BCUT2D eigenvalue weighted by molar-refractivity contribution is 5.96. The highest BCUT2D eigenvalue weighted by atomic mass is 19.4. The Morgan fingerprint density at radius 1 is 0.971 bits per heavy atom. The highest BCUT2D eigenvalue weighted by Crippen LogP contribution is 2.26. The van der Waals surface area contributed by atoms with Crippen LogP contribution < -0.4 is 20.1 Å². The largest absolute Gasteiger partial charge is 0.468 e. The van der Waals surface area contributed by atoms with Gasteiger partial charge in [-0.2, -0.15) is 31.3 Å². The van der Waals surface area contributed by atoms with Crippen LogP contribution in [0.2, 0.25) is 0 Å². The van der Waals surface area contributed by atoms with Crippen LogP contribution in [0.5, 0.6) is 11.8 Å². The van der Waals surface area contributed by atoms with Gasteiger partial charge in [-0.15, -0.1) is 0 Å². The Balaban J connectivity index is 2.22. The molecule has 0 aromatic carbocycles. The Bertz CT molecular complexity index is 1040. The average Bonchev–Trinajstić information content (AvgIpc) is 2.75. The Morgan fingerprint density at radius 3 is 2.20 bits per heavy atom. The van der Waals surface area contributed by atoms with Crippen molar-refractivity contribution in [3.05, 3.63) is 41.6 Å². The molecule has 2 heterocycles. The van der Waals surface area contributed by atoms with Crippen LogP contribution in [0, 0.1) is 5.92 Å². The molecule has 0 aliphatic heterocycles. The molecule has 192 valence electrons. The van der Waals surface area contributed by atoms with Crippen LogP contribution >= 0.6 is 0 Å². The van der Waals surface area contributed by atoms with Gasteiger partial charge in [0.15, 0.2) is 13.2 Å². The second kappa shape index (κ2) is 11.2. The summed E-state index contributed by atoms with van der Waals surface area (Å²) in [7, 11) is 0. The van der Waals surface area contributed by atoms with Crippen molar-refractivity contribution in [1.29, 1.82) is 0 Å². The van der Waals surface area contributed by atoms with Crippen LogP contribution in [0.25, 0.3) is 0 Å². The van der Waals surface area contributed by atoms with E-state index in [1.807, 2.05) is 0 Å². The monoisotopic (exact) mass is 508 g/mol. The summed E-state index contributed by atoms with van der Waals surface area (Å²) in [6.07, 6.45) is -8.11. The number of amides is 2. The van der Waals surface area contributed by atoms with Crippen molar-refractivity contribution >= 4 is 17.6 Å². The Morgan fingerprint density at radius 2 is 1.60 bits per heavy atom. The number of carbonyl (C=O) groups is 2. The van der Waals surface area contributed by atoms with Gasteiger partial charge in [0, 0.05) is 18.2 Å². The van der Waals surface area contributed by atoms with Crippen LogP contribution in [-0.4, -0.2) is 47.3 Å². The summed E-state index contributed by atoms with van der Waals surface area (Å²) < 4.78 is 83.9. The maximum absolute atomic E-state index is 12.7. The number of aromatic nitrogens is 2.